The van der Waals surface area contributed by atoms with Crippen molar-refractivity contribution in [2.24, 2.45) is 0 Å². The molecule has 30 heavy (non-hydrogen) atoms. The molecule has 2 aromatic rings. The van der Waals surface area contributed by atoms with E-state index in [1.165, 1.54) is 19.1 Å². The van der Waals surface area contributed by atoms with Gasteiger partial charge in [-0.25, -0.2) is 0 Å². The Hall–Kier alpha value is -3.17. The molecule has 9 nitrogen and oxygen atoms in total. The van der Waals surface area contributed by atoms with Crippen molar-refractivity contribution >= 4 is 23.0 Å². The molecule has 2 aromatic carbocycles. The highest BCUT2D eigenvalue weighted by Crippen LogP contribution is 2.44. The molecule has 0 radical (unpaired) electrons. The molecule has 0 saturated heterocycles. The molecular weight excluding hydrogens is 388 g/mol. The summed E-state index contributed by atoms with van der Waals surface area (Å²) in [5, 5.41) is 28.2. The molecule has 1 amide bonds. The van der Waals surface area contributed by atoms with Crippen LogP contribution in [-0.4, -0.2) is 34.2 Å². The number of carbonyl (C=O) groups excluding carboxylic acids is 1. The average Bonchev–Trinajstić information content (AvgIpc) is 2.65. The molecule has 0 aliphatic carbocycles. The number of nitro groups is 1. The van der Waals surface area contributed by atoms with Crippen molar-refractivity contribution in [2.75, 3.05) is 17.6 Å². The van der Waals surface area contributed by atoms with E-state index in [9.17, 15) is 20.0 Å². The summed E-state index contributed by atoms with van der Waals surface area (Å²) >= 11 is 0. The second-order valence-corrected chi connectivity index (χ2v) is 7.92. The number of hydrogen-bond acceptors (Lipinski definition) is 7. The summed E-state index contributed by atoms with van der Waals surface area (Å²) < 4.78 is 5.87. The van der Waals surface area contributed by atoms with Gasteiger partial charge in [0.25, 0.3) is 5.69 Å². The van der Waals surface area contributed by atoms with Gasteiger partial charge in [-0.05, 0) is 50.6 Å². The number of aliphatic hydroxyl groups excluding tert-OH is 1. The maximum atomic E-state index is 11.5. The van der Waals surface area contributed by atoms with Crippen molar-refractivity contribution in [1.82, 2.24) is 5.32 Å². The Labute approximate surface area is 174 Å². The molecule has 0 spiro atoms. The van der Waals surface area contributed by atoms with Crippen LogP contribution in [0.5, 0.6) is 5.75 Å². The van der Waals surface area contributed by atoms with E-state index in [1.807, 2.05) is 24.3 Å². The highest BCUT2D eigenvalue weighted by atomic mass is 16.6. The number of nitrogens with two attached hydrogens (primary N) is 1. The molecule has 0 saturated carbocycles. The number of amides is 1. The Bertz CT molecular complexity index is 959. The molecule has 5 N–H and O–H groups in total. The third-order valence-corrected chi connectivity index (χ3v) is 5.13. The topological polar surface area (TPSA) is 140 Å². The van der Waals surface area contributed by atoms with Gasteiger partial charge in [0.05, 0.1) is 17.0 Å². The Morgan fingerprint density at radius 3 is 2.57 bits per heavy atom. The number of fused-ring (bicyclic) bond motifs is 1. The first-order valence-corrected chi connectivity index (χ1v) is 9.63. The van der Waals surface area contributed by atoms with E-state index < -0.39 is 28.6 Å². The Morgan fingerprint density at radius 1 is 1.30 bits per heavy atom. The molecule has 3 rings (SSSR count). The van der Waals surface area contributed by atoms with Crippen molar-refractivity contribution in [2.45, 2.75) is 44.9 Å². The summed E-state index contributed by atoms with van der Waals surface area (Å²) in [6.07, 6.45) is -0.214. The van der Waals surface area contributed by atoms with E-state index in [2.05, 4.69) is 10.6 Å². The molecule has 1 heterocycles. The van der Waals surface area contributed by atoms with Gasteiger partial charge >= 0.3 is 0 Å². The average molecular weight is 414 g/mol. The number of anilines is 2. The van der Waals surface area contributed by atoms with Crippen LogP contribution in [0.3, 0.4) is 0 Å². The summed E-state index contributed by atoms with van der Waals surface area (Å²) in [5.74, 6) is -0.125. The Kier molecular flexibility index (Phi) is 5.95. The Balaban J connectivity index is 1.91. The zero-order chi connectivity index (χ0) is 22.1. The fourth-order valence-electron chi connectivity index (χ4n) is 3.55. The summed E-state index contributed by atoms with van der Waals surface area (Å²) in [5.41, 5.74) is 6.87. The summed E-state index contributed by atoms with van der Waals surface area (Å²) in [4.78, 5) is 22.4. The van der Waals surface area contributed by atoms with Crippen LogP contribution in [0.2, 0.25) is 0 Å². The third-order valence-electron chi connectivity index (χ3n) is 5.13. The van der Waals surface area contributed by atoms with Gasteiger partial charge in [0, 0.05) is 18.2 Å². The third kappa shape index (κ3) is 4.52. The van der Waals surface area contributed by atoms with Gasteiger partial charge in [-0.3, -0.25) is 14.9 Å². The van der Waals surface area contributed by atoms with Gasteiger partial charge in [0.15, 0.2) is 0 Å². The molecule has 0 aromatic heterocycles. The van der Waals surface area contributed by atoms with Crippen molar-refractivity contribution < 1.29 is 19.6 Å². The highest BCUT2D eigenvalue weighted by molar-refractivity contribution is 5.91. The van der Waals surface area contributed by atoms with Crippen LogP contribution in [0.1, 0.15) is 37.9 Å². The summed E-state index contributed by atoms with van der Waals surface area (Å²) in [6.45, 7) is 5.28. The van der Waals surface area contributed by atoms with E-state index in [-0.39, 0.29) is 11.4 Å². The maximum Gasteiger partial charge on any atom is 0.296 e. The maximum absolute atomic E-state index is 11.5. The van der Waals surface area contributed by atoms with Crippen LogP contribution in [0.4, 0.5) is 17.1 Å². The quantitative estimate of drug-likeness (QED) is 0.323. The Morgan fingerprint density at radius 2 is 1.97 bits per heavy atom. The second-order valence-electron chi connectivity index (χ2n) is 7.92. The number of ether oxygens (including phenoxy) is 1. The van der Waals surface area contributed by atoms with Crippen LogP contribution >= 0.6 is 0 Å². The van der Waals surface area contributed by atoms with E-state index >= 15 is 0 Å². The minimum atomic E-state index is -0.963. The molecule has 0 fully saturated rings. The minimum Gasteiger partial charge on any atom is -0.484 e. The van der Waals surface area contributed by atoms with E-state index in [1.54, 1.807) is 13.8 Å². The van der Waals surface area contributed by atoms with E-state index in [0.29, 0.717) is 30.0 Å². The van der Waals surface area contributed by atoms with Gasteiger partial charge in [0.2, 0.25) is 5.91 Å². The molecule has 1 aliphatic rings. The lowest BCUT2D eigenvalue weighted by atomic mass is 9.86. The fourth-order valence-corrected chi connectivity index (χ4v) is 3.55. The first-order chi connectivity index (χ1) is 14.1. The normalized spacial score (nSPS) is 19.5. The van der Waals surface area contributed by atoms with Crippen LogP contribution in [0.25, 0.3) is 0 Å². The monoisotopic (exact) mass is 414 g/mol. The predicted molar refractivity (Wildman–Crippen MR) is 113 cm³/mol. The zero-order valence-electron chi connectivity index (χ0n) is 17.1. The summed E-state index contributed by atoms with van der Waals surface area (Å²) in [7, 11) is 0. The lowest BCUT2D eigenvalue weighted by molar-refractivity contribution is -0.384. The molecular formula is C21H26N4O5. The standard InChI is InChI=1S/C21H26N4O5/c1-12(26)24-16-10-15-18(11-17(16)25(28)29)30-21(2,3)20(27)19(15)23-9-8-13-4-6-14(22)7-5-13/h4-7,10-11,19-20,23,27H,8-9,22H2,1-3H3,(H,24,26)/t19-,20+/m1/s1. The number of benzene rings is 2. The first-order valence-electron chi connectivity index (χ1n) is 9.63. The van der Waals surface area contributed by atoms with Crippen molar-refractivity contribution in [3.05, 3.63) is 57.6 Å². The van der Waals surface area contributed by atoms with Crippen molar-refractivity contribution in [1.29, 1.82) is 0 Å². The molecule has 9 heteroatoms. The van der Waals surface area contributed by atoms with Gasteiger partial charge in [-0.1, -0.05) is 12.1 Å². The fraction of sp³-hybridized carbons (Fsp3) is 0.381. The summed E-state index contributed by atoms with van der Waals surface area (Å²) in [6, 6.07) is 9.79. The minimum absolute atomic E-state index is 0.0621. The molecule has 2 atom stereocenters. The van der Waals surface area contributed by atoms with E-state index in [4.69, 9.17) is 10.5 Å². The van der Waals surface area contributed by atoms with Gasteiger partial charge in [0.1, 0.15) is 23.1 Å². The van der Waals surface area contributed by atoms with Crippen LogP contribution in [-0.2, 0) is 11.2 Å². The number of nitrogens with zero attached hydrogens (tertiary/aromatic N) is 1. The highest BCUT2D eigenvalue weighted by Gasteiger charge is 2.43. The van der Waals surface area contributed by atoms with E-state index in [0.717, 1.165) is 5.56 Å². The number of nitro benzene ring substituents is 1. The van der Waals surface area contributed by atoms with Gasteiger partial charge in [-0.15, -0.1) is 0 Å². The van der Waals surface area contributed by atoms with Crippen LogP contribution in [0.15, 0.2) is 36.4 Å². The zero-order valence-corrected chi connectivity index (χ0v) is 17.1. The largest absolute Gasteiger partial charge is 0.484 e. The number of rotatable bonds is 6. The predicted octanol–water partition coefficient (Wildman–Crippen LogP) is 2.54. The molecule has 1 aliphatic heterocycles. The molecule has 160 valence electrons. The number of hydrogen-bond donors (Lipinski definition) is 4. The number of carbonyl (C=O) groups is 1. The van der Waals surface area contributed by atoms with Gasteiger partial charge < -0.3 is 26.2 Å². The lowest BCUT2D eigenvalue weighted by Gasteiger charge is -2.42. The van der Waals surface area contributed by atoms with Gasteiger partial charge in [-0.2, -0.15) is 0 Å². The number of nitrogens with one attached hydrogen (secondary N) is 2. The first kappa shape index (κ1) is 21.5. The number of aliphatic hydroxyl groups is 1. The van der Waals surface area contributed by atoms with Crippen molar-refractivity contribution in [3.8, 4) is 5.75 Å². The number of nitrogen functional groups attached to an aromatic ring is 1. The second kappa shape index (κ2) is 8.29. The van der Waals surface area contributed by atoms with Crippen LogP contribution in [0, 0.1) is 10.1 Å². The SMILES string of the molecule is CC(=O)Nc1cc2c(cc1[N+](=O)[O-])OC(C)(C)[C@@H](O)[C@@H]2NCCc1ccc(N)cc1. The van der Waals surface area contributed by atoms with Crippen LogP contribution < -0.4 is 21.1 Å². The van der Waals surface area contributed by atoms with Crippen molar-refractivity contribution in [3.63, 3.8) is 0 Å². The lowest BCUT2D eigenvalue weighted by Crippen LogP contribution is -2.52. The smallest absolute Gasteiger partial charge is 0.296 e. The molecule has 0 unspecified atom stereocenters. The molecule has 0 bridgehead atoms.